The largest absolute Gasteiger partial charge is 0.270 e. The van der Waals surface area contributed by atoms with Gasteiger partial charge in [-0.1, -0.05) is 50.1 Å². The highest BCUT2D eigenvalue weighted by molar-refractivity contribution is 9.10. The normalized spacial score (nSPS) is 12.6. The van der Waals surface area contributed by atoms with E-state index in [2.05, 4.69) is 85.8 Å². The molecule has 1 heterocycles. The van der Waals surface area contributed by atoms with Gasteiger partial charge in [-0.05, 0) is 50.3 Å². The average Bonchev–Trinajstić information content (AvgIpc) is 2.80. The summed E-state index contributed by atoms with van der Waals surface area (Å²) in [4.78, 5) is 0. The van der Waals surface area contributed by atoms with Gasteiger partial charge in [0.25, 0.3) is 0 Å². The number of aryl methyl sites for hydroxylation is 2. The molecule has 2 nitrogen and oxygen atoms in total. The maximum Gasteiger partial charge on any atom is 0.0596 e. The van der Waals surface area contributed by atoms with Crippen LogP contribution in [0.5, 0.6) is 0 Å². The molecule has 0 saturated heterocycles. The third-order valence-electron chi connectivity index (χ3n) is 3.47. The SMILES string of the molecule is CCn1nc(C)cc1CC(CBr)Cc1ccccc1Br. The molecule has 0 radical (unpaired) electrons. The number of rotatable bonds is 6. The van der Waals surface area contributed by atoms with Crippen molar-refractivity contribution in [2.24, 2.45) is 5.92 Å². The molecule has 20 heavy (non-hydrogen) atoms. The summed E-state index contributed by atoms with van der Waals surface area (Å²) >= 11 is 7.30. The molecule has 4 heteroatoms. The van der Waals surface area contributed by atoms with Gasteiger partial charge in [0.15, 0.2) is 0 Å². The van der Waals surface area contributed by atoms with Gasteiger partial charge in [-0.15, -0.1) is 0 Å². The Morgan fingerprint density at radius 3 is 2.65 bits per heavy atom. The van der Waals surface area contributed by atoms with E-state index >= 15 is 0 Å². The molecule has 0 spiro atoms. The standard InChI is InChI=1S/C16H20Br2N2/c1-3-20-15(8-12(2)19-20)10-13(11-17)9-14-6-4-5-7-16(14)18/h4-8,13H,3,9-11H2,1-2H3. The summed E-state index contributed by atoms with van der Waals surface area (Å²) in [6, 6.07) is 10.7. The highest BCUT2D eigenvalue weighted by Gasteiger charge is 2.14. The highest BCUT2D eigenvalue weighted by Crippen LogP contribution is 2.23. The lowest BCUT2D eigenvalue weighted by atomic mass is 9.96. The van der Waals surface area contributed by atoms with Crippen molar-refractivity contribution in [3.05, 3.63) is 51.8 Å². The molecular weight excluding hydrogens is 380 g/mol. The first kappa shape index (κ1) is 15.8. The summed E-state index contributed by atoms with van der Waals surface area (Å²) in [7, 11) is 0. The average molecular weight is 400 g/mol. The second kappa shape index (κ2) is 7.41. The third kappa shape index (κ3) is 3.95. The van der Waals surface area contributed by atoms with Crippen LogP contribution in [0.3, 0.4) is 0 Å². The molecule has 0 aliphatic rings. The van der Waals surface area contributed by atoms with Gasteiger partial charge in [0.1, 0.15) is 0 Å². The van der Waals surface area contributed by atoms with Crippen LogP contribution in [0.2, 0.25) is 0 Å². The Bertz CT molecular complexity index is 563. The van der Waals surface area contributed by atoms with Crippen LogP contribution in [-0.2, 0) is 19.4 Å². The van der Waals surface area contributed by atoms with Crippen molar-refractivity contribution in [1.82, 2.24) is 9.78 Å². The van der Waals surface area contributed by atoms with Crippen LogP contribution in [0, 0.1) is 12.8 Å². The molecule has 1 unspecified atom stereocenters. The molecule has 0 N–H and O–H groups in total. The van der Waals surface area contributed by atoms with Crippen molar-refractivity contribution in [2.75, 3.05) is 5.33 Å². The third-order valence-corrected chi connectivity index (χ3v) is 5.16. The molecule has 1 aromatic carbocycles. The molecule has 0 amide bonds. The quantitative estimate of drug-likeness (QED) is 0.639. The minimum Gasteiger partial charge on any atom is -0.270 e. The zero-order valence-corrected chi connectivity index (χ0v) is 15.1. The van der Waals surface area contributed by atoms with Crippen LogP contribution in [0.4, 0.5) is 0 Å². The first-order valence-electron chi connectivity index (χ1n) is 6.96. The minimum absolute atomic E-state index is 0.579. The van der Waals surface area contributed by atoms with Crippen molar-refractivity contribution in [1.29, 1.82) is 0 Å². The van der Waals surface area contributed by atoms with E-state index in [4.69, 9.17) is 0 Å². The van der Waals surface area contributed by atoms with E-state index < -0.39 is 0 Å². The number of hydrogen-bond acceptors (Lipinski definition) is 1. The van der Waals surface area contributed by atoms with Gasteiger partial charge in [0.2, 0.25) is 0 Å². The molecule has 108 valence electrons. The smallest absolute Gasteiger partial charge is 0.0596 e. The van der Waals surface area contributed by atoms with Gasteiger partial charge < -0.3 is 0 Å². The molecule has 2 aromatic rings. The van der Waals surface area contributed by atoms with Crippen molar-refractivity contribution >= 4 is 31.9 Å². The van der Waals surface area contributed by atoms with Crippen LogP contribution in [0.15, 0.2) is 34.8 Å². The van der Waals surface area contributed by atoms with Gasteiger partial charge in [-0.3, -0.25) is 4.68 Å². The lowest BCUT2D eigenvalue weighted by Gasteiger charge is -2.15. The Hall–Kier alpha value is -0.610. The Labute approximate surface area is 137 Å². The maximum atomic E-state index is 4.53. The van der Waals surface area contributed by atoms with Gasteiger partial charge in [-0.2, -0.15) is 5.10 Å². The second-order valence-electron chi connectivity index (χ2n) is 5.11. The van der Waals surface area contributed by atoms with E-state index in [-0.39, 0.29) is 0 Å². The van der Waals surface area contributed by atoms with Crippen molar-refractivity contribution < 1.29 is 0 Å². The molecule has 1 aromatic heterocycles. The number of nitrogens with zero attached hydrogens (tertiary/aromatic N) is 2. The van der Waals surface area contributed by atoms with Crippen LogP contribution in [-0.4, -0.2) is 15.1 Å². The summed E-state index contributed by atoms with van der Waals surface area (Å²) in [5.41, 5.74) is 3.81. The summed E-state index contributed by atoms with van der Waals surface area (Å²) in [5, 5.41) is 5.54. The molecule has 0 aliphatic heterocycles. The highest BCUT2D eigenvalue weighted by atomic mass is 79.9. The number of benzene rings is 1. The van der Waals surface area contributed by atoms with Crippen LogP contribution < -0.4 is 0 Å². The summed E-state index contributed by atoms with van der Waals surface area (Å²) in [6.45, 7) is 5.15. The predicted molar refractivity (Wildman–Crippen MR) is 91.5 cm³/mol. The molecule has 0 fully saturated rings. The summed E-state index contributed by atoms with van der Waals surface area (Å²) < 4.78 is 3.32. The van der Waals surface area contributed by atoms with E-state index in [0.29, 0.717) is 5.92 Å². The van der Waals surface area contributed by atoms with Crippen LogP contribution in [0.25, 0.3) is 0 Å². The van der Waals surface area contributed by atoms with Gasteiger partial charge >= 0.3 is 0 Å². The van der Waals surface area contributed by atoms with Gasteiger partial charge in [-0.25, -0.2) is 0 Å². The Morgan fingerprint density at radius 2 is 2.00 bits per heavy atom. The fraction of sp³-hybridized carbons (Fsp3) is 0.438. The molecule has 0 saturated carbocycles. The predicted octanol–water partition coefficient (Wildman–Crippen LogP) is 4.77. The fourth-order valence-electron chi connectivity index (χ4n) is 2.49. The van der Waals surface area contributed by atoms with E-state index in [1.165, 1.54) is 15.7 Å². The number of aromatic nitrogens is 2. The van der Waals surface area contributed by atoms with E-state index in [0.717, 1.165) is 30.4 Å². The molecular formula is C16H20Br2N2. The first-order chi connectivity index (χ1) is 9.63. The lowest BCUT2D eigenvalue weighted by Crippen LogP contribution is -2.14. The van der Waals surface area contributed by atoms with Gasteiger partial charge in [0, 0.05) is 22.0 Å². The topological polar surface area (TPSA) is 17.8 Å². The van der Waals surface area contributed by atoms with E-state index in [1.807, 2.05) is 0 Å². The maximum absolute atomic E-state index is 4.53. The van der Waals surface area contributed by atoms with Crippen LogP contribution in [0.1, 0.15) is 23.9 Å². The van der Waals surface area contributed by atoms with E-state index in [9.17, 15) is 0 Å². The molecule has 0 aliphatic carbocycles. The summed E-state index contributed by atoms with van der Waals surface area (Å²) in [5.74, 6) is 0.579. The summed E-state index contributed by atoms with van der Waals surface area (Å²) in [6.07, 6.45) is 2.13. The lowest BCUT2D eigenvalue weighted by molar-refractivity contribution is 0.535. The Kier molecular flexibility index (Phi) is 5.85. The van der Waals surface area contributed by atoms with E-state index in [1.54, 1.807) is 0 Å². The Balaban J connectivity index is 2.11. The first-order valence-corrected chi connectivity index (χ1v) is 8.88. The second-order valence-corrected chi connectivity index (χ2v) is 6.61. The number of halogens is 2. The monoisotopic (exact) mass is 398 g/mol. The Morgan fingerprint density at radius 1 is 1.25 bits per heavy atom. The van der Waals surface area contributed by atoms with Gasteiger partial charge in [0.05, 0.1) is 5.69 Å². The zero-order chi connectivity index (χ0) is 14.5. The van der Waals surface area contributed by atoms with Crippen LogP contribution >= 0.6 is 31.9 Å². The van der Waals surface area contributed by atoms with Crippen molar-refractivity contribution in [3.63, 3.8) is 0 Å². The molecule has 0 bridgehead atoms. The fourth-order valence-corrected chi connectivity index (χ4v) is 3.39. The van der Waals surface area contributed by atoms with Crippen molar-refractivity contribution in [2.45, 2.75) is 33.2 Å². The number of alkyl halides is 1. The molecule has 1 atom stereocenters. The van der Waals surface area contributed by atoms with Crippen molar-refractivity contribution in [3.8, 4) is 0 Å². The number of hydrogen-bond donors (Lipinski definition) is 0. The minimum atomic E-state index is 0.579. The molecule has 2 rings (SSSR count). The zero-order valence-electron chi connectivity index (χ0n) is 11.9.